The molecule has 0 radical (unpaired) electrons. The SMILES string of the molecule is CN1CCN(S(=O)(=O)c2ccc(NCCc3ccc4c(c3)OCCO4)c([N+](=O)[O-])c2)CC1. The van der Waals surface area contributed by atoms with Crippen molar-refractivity contribution in [3.8, 4) is 11.5 Å². The maximum absolute atomic E-state index is 12.9. The largest absolute Gasteiger partial charge is 0.486 e. The van der Waals surface area contributed by atoms with Gasteiger partial charge in [0.2, 0.25) is 10.0 Å². The van der Waals surface area contributed by atoms with E-state index >= 15 is 0 Å². The molecule has 2 aliphatic rings. The number of fused-ring (bicyclic) bond motifs is 1. The first-order valence-electron chi connectivity index (χ1n) is 10.4. The summed E-state index contributed by atoms with van der Waals surface area (Å²) in [6.45, 7) is 3.44. The Morgan fingerprint density at radius 1 is 1.03 bits per heavy atom. The van der Waals surface area contributed by atoms with Crippen LogP contribution in [-0.2, 0) is 16.4 Å². The van der Waals surface area contributed by atoms with Gasteiger partial charge in [0, 0.05) is 38.8 Å². The van der Waals surface area contributed by atoms with Gasteiger partial charge in [0.1, 0.15) is 18.9 Å². The molecule has 0 aliphatic carbocycles. The number of hydrogen-bond acceptors (Lipinski definition) is 8. The van der Waals surface area contributed by atoms with Crippen LogP contribution in [0.3, 0.4) is 0 Å². The highest BCUT2D eigenvalue weighted by Crippen LogP contribution is 2.32. The minimum absolute atomic E-state index is 0.0638. The van der Waals surface area contributed by atoms with E-state index in [0.29, 0.717) is 63.9 Å². The first kappa shape index (κ1) is 22.3. The molecule has 2 heterocycles. The predicted molar refractivity (Wildman–Crippen MR) is 119 cm³/mol. The average molecular weight is 463 g/mol. The number of hydrogen-bond donors (Lipinski definition) is 1. The third-order valence-corrected chi connectivity index (χ3v) is 7.50. The molecule has 0 spiro atoms. The number of sulfonamides is 1. The van der Waals surface area contributed by atoms with Gasteiger partial charge < -0.3 is 19.7 Å². The van der Waals surface area contributed by atoms with Crippen molar-refractivity contribution in [2.24, 2.45) is 0 Å². The standard InChI is InChI=1S/C21H26N4O6S/c1-23-8-10-24(11-9-23)32(28,29)17-3-4-18(19(15-17)25(26)27)22-7-6-16-2-5-20-21(14-16)31-13-12-30-20/h2-5,14-15,22H,6-13H2,1H3. The molecule has 1 fully saturated rings. The summed E-state index contributed by atoms with van der Waals surface area (Å²) in [5, 5.41) is 14.7. The molecule has 32 heavy (non-hydrogen) atoms. The maximum Gasteiger partial charge on any atom is 0.293 e. The molecular formula is C21H26N4O6S. The second-order valence-electron chi connectivity index (χ2n) is 7.80. The third kappa shape index (κ3) is 4.79. The molecule has 2 aromatic carbocycles. The van der Waals surface area contributed by atoms with Crippen LogP contribution < -0.4 is 14.8 Å². The minimum Gasteiger partial charge on any atom is -0.486 e. The molecule has 0 atom stereocenters. The molecule has 2 aliphatic heterocycles. The van der Waals surface area contributed by atoms with Gasteiger partial charge in [0.15, 0.2) is 11.5 Å². The fourth-order valence-electron chi connectivity index (χ4n) is 3.73. The number of nitrogens with zero attached hydrogens (tertiary/aromatic N) is 3. The molecule has 4 rings (SSSR count). The summed E-state index contributed by atoms with van der Waals surface area (Å²) in [6.07, 6.45) is 0.606. The van der Waals surface area contributed by atoms with E-state index in [-0.39, 0.29) is 16.3 Å². The number of piperazine rings is 1. The first-order valence-corrected chi connectivity index (χ1v) is 11.9. The predicted octanol–water partition coefficient (Wildman–Crippen LogP) is 1.96. The Kier molecular flexibility index (Phi) is 6.49. The van der Waals surface area contributed by atoms with Crippen molar-refractivity contribution in [1.29, 1.82) is 0 Å². The summed E-state index contributed by atoms with van der Waals surface area (Å²) in [5.41, 5.74) is 1.02. The second-order valence-corrected chi connectivity index (χ2v) is 9.74. The van der Waals surface area contributed by atoms with Crippen molar-refractivity contribution in [2.45, 2.75) is 11.3 Å². The zero-order valence-corrected chi connectivity index (χ0v) is 18.6. The molecule has 11 heteroatoms. The number of anilines is 1. The van der Waals surface area contributed by atoms with Gasteiger partial charge in [-0.05, 0) is 43.3 Å². The van der Waals surface area contributed by atoms with E-state index < -0.39 is 14.9 Å². The Balaban J connectivity index is 1.46. The number of rotatable bonds is 7. The molecule has 2 aromatic rings. The van der Waals surface area contributed by atoms with Gasteiger partial charge in [-0.1, -0.05) is 6.07 Å². The van der Waals surface area contributed by atoms with Crippen LogP contribution in [0.15, 0.2) is 41.3 Å². The van der Waals surface area contributed by atoms with Gasteiger partial charge in [-0.2, -0.15) is 4.31 Å². The van der Waals surface area contributed by atoms with Gasteiger partial charge in [-0.3, -0.25) is 10.1 Å². The summed E-state index contributed by atoms with van der Waals surface area (Å²) in [4.78, 5) is 13.1. The molecular weight excluding hydrogens is 436 g/mol. The summed E-state index contributed by atoms with van der Waals surface area (Å²) in [7, 11) is -1.85. The van der Waals surface area contributed by atoms with Crippen LogP contribution >= 0.6 is 0 Å². The molecule has 0 bridgehead atoms. The van der Waals surface area contributed by atoms with E-state index in [1.807, 2.05) is 30.1 Å². The minimum atomic E-state index is -3.78. The highest BCUT2D eigenvalue weighted by atomic mass is 32.2. The van der Waals surface area contributed by atoms with Crippen molar-refractivity contribution in [2.75, 3.05) is 58.3 Å². The lowest BCUT2D eigenvalue weighted by atomic mass is 10.1. The van der Waals surface area contributed by atoms with E-state index in [4.69, 9.17) is 9.47 Å². The summed E-state index contributed by atoms with van der Waals surface area (Å²) >= 11 is 0. The number of likely N-dealkylation sites (N-methyl/N-ethyl adjacent to an activating group) is 1. The number of nitro benzene ring substituents is 1. The topological polar surface area (TPSA) is 114 Å². The van der Waals surface area contributed by atoms with E-state index in [0.717, 1.165) is 11.6 Å². The normalized spacial score (nSPS) is 17.2. The zero-order chi connectivity index (χ0) is 22.7. The number of ether oxygens (including phenoxy) is 2. The molecule has 0 unspecified atom stereocenters. The average Bonchev–Trinajstić information content (AvgIpc) is 2.79. The smallest absolute Gasteiger partial charge is 0.293 e. The van der Waals surface area contributed by atoms with Crippen LogP contribution in [0.5, 0.6) is 11.5 Å². The Labute approximate surface area is 186 Å². The van der Waals surface area contributed by atoms with Gasteiger partial charge >= 0.3 is 0 Å². The van der Waals surface area contributed by atoms with Crippen LogP contribution in [-0.4, -0.2) is 75.5 Å². The zero-order valence-electron chi connectivity index (χ0n) is 17.8. The van der Waals surface area contributed by atoms with E-state index in [2.05, 4.69) is 5.32 Å². The summed E-state index contributed by atoms with van der Waals surface area (Å²) in [5.74, 6) is 1.40. The molecule has 0 aromatic heterocycles. The summed E-state index contributed by atoms with van der Waals surface area (Å²) in [6, 6.07) is 9.70. The Bertz CT molecular complexity index is 1100. The van der Waals surface area contributed by atoms with Crippen molar-refractivity contribution in [1.82, 2.24) is 9.21 Å². The molecule has 172 valence electrons. The van der Waals surface area contributed by atoms with Gasteiger partial charge in [-0.15, -0.1) is 0 Å². The van der Waals surface area contributed by atoms with E-state index in [1.165, 1.54) is 16.4 Å². The number of benzene rings is 2. The third-order valence-electron chi connectivity index (χ3n) is 5.60. The first-order chi connectivity index (χ1) is 15.3. The molecule has 1 N–H and O–H groups in total. The maximum atomic E-state index is 12.9. The molecule has 0 amide bonds. The lowest BCUT2D eigenvalue weighted by Crippen LogP contribution is -2.47. The highest BCUT2D eigenvalue weighted by Gasteiger charge is 2.29. The fraction of sp³-hybridized carbons (Fsp3) is 0.429. The quantitative estimate of drug-likeness (QED) is 0.491. The van der Waals surface area contributed by atoms with Crippen molar-refractivity contribution in [3.05, 3.63) is 52.1 Å². The fourth-order valence-corrected chi connectivity index (χ4v) is 5.18. The van der Waals surface area contributed by atoms with E-state index in [1.54, 1.807) is 0 Å². The van der Waals surface area contributed by atoms with Gasteiger partial charge in [0.25, 0.3) is 5.69 Å². The van der Waals surface area contributed by atoms with Crippen molar-refractivity contribution < 1.29 is 22.8 Å². The number of nitro groups is 1. The Morgan fingerprint density at radius 2 is 1.75 bits per heavy atom. The van der Waals surface area contributed by atoms with Crippen LogP contribution in [0.25, 0.3) is 0 Å². The Hall–Kier alpha value is -2.89. The van der Waals surface area contributed by atoms with Gasteiger partial charge in [-0.25, -0.2) is 8.42 Å². The number of nitrogens with one attached hydrogen (secondary N) is 1. The molecule has 10 nitrogen and oxygen atoms in total. The molecule has 1 saturated heterocycles. The van der Waals surface area contributed by atoms with Crippen molar-refractivity contribution >= 4 is 21.4 Å². The van der Waals surface area contributed by atoms with Crippen LogP contribution in [0.4, 0.5) is 11.4 Å². The monoisotopic (exact) mass is 462 g/mol. The second kappa shape index (κ2) is 9.31. The van der Waals surface area contributed by atoms with Crippen LogP contribution in [0, 0.1) is 10.1 Å². The van der Waals surface area contributed by atoms with Crippen molar-refractivity contribution in [3.63, 3.8) is 0 Å². The summed E-state index contributed by atoms with van der Waals surface area (Å²) < 4.78 is 38.3. The van der Waals surface area contributed by atoms with Crippen LogP contribution in [0.2, 0.25) is 0 Å². The lowest BCUT2D eigenvalue weighted by Gasteiger charge is -2.31. The lowest BCUT2D eigenvalue weighted by molar-refractivity contribution is -0.384. The van der Waals surface area contributed by atoms with Crippen LogP contribution in [0.1, 0.15) is 5.56 Å². The Morgan fingerprint density at radius 3 is 2.47 bits per heavy atom. The molecule has 0 saturated carbocycles. The highest BCUT2D eigenvalue weighted by molar-refractivity contribution is 7.89. The van der Waals surface area contributed by atoms with Gasteiger partial charge in [0.05, 0.1) is 9.82 Å². The van der Waals surface area contributed by atoms with E-state index in [9.17, 15) is 18.5 Å².